The van der Waals surface area contributed by atoms with Gasteiger partial charge in [-0.25, -0.2) is 9.18 Å². The van der Waals surface area contributed by atoms with E-state index in [1.807, 2.05) is 24.3 Å². The monoisotopic (exact) mass is 442 g/mol. The highest BCUT2D eigenvalue weighted by Gasteiger charge is 2.31. The van der Waals surface area contributed by atoms with E-state index in [-0.39, 0.29) is 12.6 Å². The van der Waals surface area contributed by atoms with Crippen molar-refractivity contribution in [2.45, 2.75) is 38.0 Å². The molecule has 0 aromatic heterocycles. The van der Waals surface area contributed by atoms with Gasteiger partial charge in [0.2, 0.25) is 0 Å². The lowest BCUT2D eigenvalue weighted by Crippen LogP contribution is -2.39. The molecule has 1 aliphatic carbocycles. The summed E-state index contributed by atoms with van der Waals surface area (Å²) in [4.78, 5) is 14.9. The number of hydrogen-bond donors (Lipinski definition) is 1. The Hall–Kier alpha value is -3.35. The molecule has 1 unspecified atom stereocenters. The van der Waals surface area contributed by atoms with E-state index in [2.05, 4.69) is 5.32 Å². The van der Waals surface area contributed by atoms with Crippen molar-refractivity contribution in [2.24, 2.45) is 0 Å². The van der Waals surface area contributed by atoms with Crippen LogP contribution in [0, 0.1) is 5.82 Å². The first kappa shape index (κ1) is 21.9. The number of halogens is 4. The van der Waals surface area contributed by atoms with E-state index in [1.54, 1.807) is 11.0 Å². The molecule has 0 fully saturated rings. The van der Waals surface area contributed by atoms with Gasteiger partial charge in [0.25, 0.3) is 0 Å². The molecule has 2 amide bonds. The molecule has 0 aliphatic heterocycles. The molecular weight excluding hydrogens is 420 g/mol. The van der Waals surface area contributed by atoms with Gasteiger partial charge in [-0.1, -0.05) is 42.5 Å². The second kappa shape index (κ2) is 9.02. The number of anilines is 1. The minimum Gasteiger partial charge on any atom is -0.313 e. The maximum atomic E-state index is 13.6. The van der Waals surface area contributed by atoms with E-state index in [9.17, 15) is 22.4 Å². The van der Waals surface area contributed by atoms with Crippen LogP contribution < -0.4 is 5.32 Å². The molecule has 0 radical (unpaired) electrons. The van der Waals surface area contributed by atoms with E-state index in [0.717, 1.165) is 42.5 Å². The Kier molecular flexibility index (Phi) is 6.17. The predicted octanol–water partition coefficient (Wildman–Crippen LogP) is 6.96. The summed E-state index contributed by atoms with van der Waals surface area (Å²) in [7, 11) is 0. The minimum absolute atomic E-state index is 0.123. The van der Waals surface area contributed by atoms with Crippen LogP contribution in [0.2, 0.25) is 0 Å². The molecule has 166 valence electrons. The number of carbonyl (C=O) groups excluding carboxylic acids is 1. The second-order valence-corrected chi connectivity index (χ2v) is 7.87. The van der Waals surface area contributed by atoms with Crippen LogP contribution in [-0.4, -0.2) is 10.9 Å². The number of carbonyl (C=O) groups is 1. The van der Waals surface area contributed by atoms with Gasteiger partial charge in [0, 0.05) is 12.2 Å². The number of hydrogen-bond acceptors (Lipinski definition) is 1. The number of nitrogens with zero attached hydrogens (tertiary/aromatic N) is 1. The SMILES string of the molecule is O=C(Nc1cccc(F)c1)N(Cc1ccc(C(F)(F)F)cc1)C1CCCc2ccccc21. The lowest BCUT2D eigenvalue weighted by molar-refractivity contribution is -0.137. The number of benzene rings is 3. The number of aryl methyl sites for hydroxylation is 1. The molecule has 0 bridgehead atoms. The van der Waals surface area contributed by atoms with Crippen molar-refractivity contribution in [2.75, 3.05) is 5.32 Å². The van der Waals surface area contributed by atoms with Crippen molar-refractivity contribution in [3.63, 3.8) is 0 Å². The van der Waals surface area contributed by atoms with Crippen molar-refractivity contribution in [1.82, 2.24) is 4.90 Å². The van der Waals surface area contributed by atoms with E-state index in [1.165, 1.54) is 30.3 Å². The zero-order chi connectivity index (χ0) is 22.7. The molecule has 0 saturated carbocycles. The highest BCUT2D eigenvalue weighted by molar-refractivity contribution is 5.89. The lowest BCUT2D eigenvalue weighted by Gasteiger charge is -2.36. The van der Waals surface area contributed by atoms with Crippen LogP contribution in [0.5, 0.6) is 0 Å². The maximum Gasteiger partial charge on any atom is 0.416 e. The Balaban J connectivity index is 1.64. The van der Waals surface area contributed by atoms with Crippen LogP contribution in [0.15, 0.2) is 72.8 Å². The summed E-state index contributed by atoms with van der Waals surface area (Å²) in [5.74, 6) is -0.472. The van der Waals surface area contributed by atoms with Crippen molar-refractivity contribution in [3.8, 4) is 0 Å². The number of alkyl halides is 3. The van der Waals surface area contributed by atoms with Crippen LogP contribution in [0.3, 0.4) is 0 Å². The molecule has 0 saturated heterocycles. The highest BCUT2D eigenvalue weighted by atomic mass is 19.4. The van der Waals surface area contributed by atoms with Crippen LogP contribution in [0.4, 0.5) is 28.0 Å². The number of urea groups is 1. The molecule has 3 aromatic carbocycles. The first-order valence-electron chi connectivity index (χ1n) is 10.4. The van der Waals surface area contributed by atoms with Gasteiger partial charge in [-0.15, -0.1) is 0 Å². The third-order valence-corrected chi connectivity index (χ3v) is 5.68. The summed E-state index contributed by atoms with van der Waals surface area (Å²) in [5, 5.41) is 2.73. The molecule has 0 heterocycles. The second-order valence-electron chi connectivity index (χ2n) is 7.87. The van der Waals surface area contributed by atoms with E-state index in [0.29, 0.717) is 11.3 Å². The van der Waals surface area contributed by atoms with E-state index >= 15 is 0 Å². The third kappa shape index (κ3) is 4.93. The average Bonchev–Trinajstić information content (AvgIpc) is 2.77. The van der Waals surface area contributed by atoms with Gasteiger partial charge in [0.05, 0.1) is 11.6 Å². The van der Waals surface area contributed by atoms with Crippen molar-refractivity contribution < 1.29 is 22.4 Å². The van der Waals surface area contributed by atoms with Crippen LogP contribution in [0.1, 0.15) is 41.1 Å². The molecule has 7 heteroatoms. The zero-order valence-corrected chi connectivity index (χ0v) is 17.2. The van der Waals surface area contributed by atoms with Gasteiger partial charge < -0.3 is 10.2 Å². The Morgan fingerprint density at radius 1 is 1.00 bits per heavy atom. The van der Waals surface area contributed by atoms with Gasteiger partial charge in [0.1, 0.15) is 5.82 Å². The molecule has 1 N–H and O–H groups in total. The van der Waals surface area contributed by atoms with Gasteiger partial charge >= 0.3 is 12.2 Å². The Labute approximate surface area is 183 Å². The molecule has 1 atom stereocenters. The predicted molar refractivity (Wildman–Crippen MR) is 115 cm³/mol. The van der Waals surface area contributed by atoms with Crippen molar-refractivity contribution in [3.05, 3.63) is 101 Å². The fraction of sp³-hybridized carbons (Fsp3) is 0.240. The van der Waals surface area contributed by atoms with Gasteiger partial charge in [-0.05, 0) is 66.3 Å². The number of amides is 2. The van der Waals surface area contributed by atoms with Gasteiger partial charge in [-0.3, -0.25) is 0 Å². The van der Waals surface area contributed by atoms with Crippen molar-refractivity contribution >= 4 is 11.7 Å². The molecule has 1 aliphatic rings. The van der Waals surface area contributed by atoms with Gasteiger partial charge in [0.15, 0.2) is 0 Å². The van der Waals surface area contributed by atoms with Crippen LogP contribution in [0.25, 0.3) is 0 Å². The molecule has 3 aromatic rings. The minimum atomic E-state index is -4.42. The van der Waals surface area contributed by atoms with Crippen LogP contribution in [-0.2, 0) is 19.1 Å². The fourth-order valence-electron chi connectivity index (χ4n) is 4.13. The largest absolute Gasteiger partial charge is 0.416 e. The first-order valence-corrected chi connectivity index (χ1v) is 10.4. The number of rotatable bonds is 4. The topological polar surface area (TPSA) is 32.3 Å². The van der Waals surface area contributed by atoms with Gasteiger partial charge in [-0.2, -0.15) is 13.2 Å². The normalized spacial score (nSPS) is 15.7. The Morgan fingerprint density at radius 3 is 2.47 bits per heavy atom. The summed E-state index contributed by atoms with van der Waals surface area (Å²) < 4.78 is 52.4. The lowest BCUT2D eigenvalue weighted by atomic mass is 9.86. The molecule has 4 rings (SSSR count). The van der Waals surface area contributed by atoms with E-state index < -0.39 is 23.6 Å². The average molecular weight is 442 g/mol. The Morgan fingerprint density at radius 2 is 1.75 bits per heavy atom. The smallest absolute Gasteiger partial charge is 0.313 e. The first-order chi connectivity index (χ1) is 15.3. The quantitative estimate of drug-likeness (QED) is 0.436. The third-order valence-electron chi connectivity index (χ3n) is 5.68. The molecule has 3 nitrogen and oxygen atoms in total. The molecule has 0 spiro atoms. The van der Waals surface area contributed by atoms with Crippen molar-refractivity contribution in [1.29, 1.82) is 0 Å². The summed E-state index contributed by atoms with van der Waals surface area (Å²) in [5.41, 5.74) is 2.34. The highest BCUT2D eigenvalue weighted by Crippen LogP contribution is 2.36. The summed E-state index contributed by atoms with van der Waals surface area (Å²) in [6, 6.07) is 17.6. The standard InChI is InChI=1S/C25H22F4N2O/c26-20-7-4-8-21(15-20)30-24(32)31(16-17-11-13-19(14-12-17)25(27,28)29)23-10-3-6-18-5-1-2-9-22(18)23/h1-2,4-5,7-9,11-15,23H,3,6,10,16H2,(H,30,32). The van der Waals surface area contributed by atoms with E-state index in [4.69, 9.17) is 0 Å². The zero-order valence-electron chi connectivity index (χ0n) is 17.2. The fourth-order valence-corrected chi connectivity index (χ4v) is 4.13. The number of nitrogens with one attached hydrogen (secondary N) is 1. The summed E-state index contributed by atoms with van der Waals surface area (Å²) in [6.07, 6.45) is -1.89. The molecule has 32 heavy (non-hydrogen) atoms. The van der Waals surface area contributed by atoms with Crippen LogP contribution >= 0.6 is 0 Å². The molecular formula is C25H22F4N2O. The maximum absolute atomic E-state index is 13.6. The Bertz CT molecular complexity index is 1100. The number of fused-ring (bicyclic) bond motifs is 1. The summed E-state index contributed by atoms with van der Waals surface area (Å²) in [6.45, 7) is 0.123. The summed E-state index contributed by atoms with van der Waals surface area (Å²) >= 11 is 0.